The summed E-state index contributed by atoms with van der Waals surface area (Å²) >= 11 is 0. The fourth-order valence-corrected chi connectivity index (χ4v) is 3.18. The van der Waals surface area contributed by atoms with E-state index >= 15 is 0 Å². The third-order valence-electron chi connectivity index (χ3n) is 3.21. The molecule has 1 N–H and O–H groups in total. The number of fused-ring (bicyclic) bond motifs is 1. The van der Waals surface area contributed by atoms with Crippen LogP contribution in [0.5, 0.6) is 0 Å². The van der Waals surface area contributed by atoms with Crippen LogP contribution in [0.1, 0.15) is 5.69 Å². The summed E-state index contributed by atoms with van der Waals surface area (Å²) in [5, 5.41) is 2.74. The Bertz CT molecular complexity index is 1000. The van der Waals surface area contributed by atoms with Gasteiger partial charge in [0.25, 0.3) is 10.0 Å². The summed E-state index contributed by atoms with van der Waals surface area (Å²) in [6.07, 6.45) is 0. The van der Waals surface area contributed by atoms with Gasteiger partial charge in [0.2, 0.25) is 0 Å². The first-order chi connectivity index (χ1) is 11.0. The number of anilines is 1. The van der Waals surface area contributed by atoms with Crippen molar-refractivity contribution in [3.63, 3.8) is 0 Å². The average molecular weight is 328 g/mol. The van der Waals surface area contributed by atoms with Crippen LogP contribution in [0, 0.1) is 11.8 Å². The Morgan fingerprint density at radius 3 is 2.39 bits per heavy atom. The van der Waals surface area contributed by atoms with E-state index < -0.39 is 10.0 Å². The summed E-state index contributed by atoms with van der Waals surface area (Å²) in [5.41, 5.74) is 1.75. The lowest BCUT2D eigenvalue weighted by Crippen LogP contribution is -2.15. The predicted octanol–water partition coefficient (Wildman–Crippen LogP) is 3.14. The molecule has 3 rings (SSSR count). The van der Waals surface area contributed by atoms with Gasteiger partial charge in [-0.05, 0) is 42.4 Å². The number of para-hydroxylation sites is 2. The van der Waals surface area contributed by atoms with Crippen molar-refractivity contribution in [2.45, 2.75) is 11.8 Å². The molecule has 0 unspecified atom stereocenters. The topological polar surface area (TPSA) is 101 Å². The smallest absolute Gasteiger partial charge is 0.262 e. The van der Waals surface area contributed by atoms with E-state index in [1.807, 2.05) is 6.07 Å². The van der Waals surface area contributed by atoms with Crippen molar-refractivity contribution >= 4 is 32.6 Å². The lowest BCUT2D eigenvalue weighted by Gasteiger charge is -2.10. The zero-order chi connectivity index (χ0) is 16.4. The van der Waals surface area contributed by atoms with E-state index in [2.05, 4.69) is 19.9 Å². The van der Waals surface area contributed by atoms with E-state index in [0.717, 1.165) is 0 Å². The number of sulfonamides is 1. The minimum atomic E-state index is -3.89. The molecule has 7 nitrogen and oxygen atoms in total. The molecule has 0 bridgehead atoms. The van der Waals surface area contributed by atoms with Crippen molar-refractivity contribution in [1.82, 2.24) is 9.97 Å². The van der Waals surface area contributed by atoms with Crippen LogP contribution in [-0.2, 0) is 10.0 Å². The van der Waals surface area contributed by atoms with Crippen LogP contribution in [0.4, 0.5) is 11.5 Å². The molecule has 3 aromatic rings. The number of benzene rings is 2. The van der Waals surface area contributed by atoms with E-state index in [4.69, 9.17) is 0 Å². The molecule has 0 aliphatic rings. The maximum absolute atomic E-state index is 12.4. The molecular formula is C15H12N4O3S. The number of aromatic nitrogens is 2. The first-order valence-electron chi connectivity index (χ1n) is 6.69. The summed E-state index contributed by atoms with van der Waals surface area (Å²) in [5.74, 6) is 0.146. The Labute approximate surface area is 132 Å². The highest BCUT2D eigenvalue weighted by atomic mass is 32.2. The van der Waals surface area contributed by atoms with Crippen LogP contribution in [0.2, 0.25) is 0 Å². The summed E-state index contributed by atoms with van der Waals surface area (Å²) in [6, 6.07) is 12.6. The number of hydrogen-bond acceptors (Lipinski definition) is 6. The Hall–Kier alpha value is -2.87. The minimum absolute atomic E-state index is 0.0363. The summed E-state index contributed by atoms with van der Waals surface area (Å²) in [6.45, 7) is 1.67. The van der Waals surface area contributed by atoms with E-state index in [1.54, 1.807) is 25.1 Å². The molecule has 23 heavy (non-hydrogen) atoms. The first kappa shape index (κ1) is 15.0. The van der Waals surface area contributed by atoms with Crippen molar-refractivity contribution in [3.05, 3.63) is 59.1 Å². The predicted molar refractivity (Wildman–Crippen MR) is 87.0 cm³/mol. The van der Waals surface area contributed by atoms with Crippen LogP contribution in [0.15, 0.2) is 58.6 Å². The number of aryl methyl sites for hydroxylation is 1. The number of hydrogen-bond donors (Lipinski definition) is 1. The second-order valence-electron chi connectivity index (χ2n) is 4.84. The Morgan fingerprint density at radius 1 is 1.00 bits per heavy atom. The average Bonchev–Trinajstić information content (AvgIpc) is 2.55. The molecular weight excluding hydrogens is 316 g/mol. The van der Waals surface area contributed by atoms with Gasteiger partial charge in [0, 0.05) is 0 Å². The Morgan fingerprint density at radius 2 is 1.70 bits per heavy atom. The van der Waals surface area contributed by atoms with Gasteiger partial charge in [0.1, 0.15) is 5.69 Å². The fraction of sp³-hybridized carbons (Fsp3) is 0.0667. The van der Waals surface area contributed by atoms with Crippen LogP contribution < -0.4 is 4.72 Å². The maximum Gasteiger partial charge on any atom is 0.263 e. The molecule has 0 saturated heterocycles. The van der Waals surface area contributed by atoms with Crippen molar-refractivity contribution in [2.24, 2.45) is 5.18 Å². The standard InChI is InChI=1S/C15H12N4O3S/c1-10-15(17-14-8-3-2-7-13(14)16-10)19-23(21,22)12-6-4-5-11(9-12)18-20/h2-9H,1H3,(H,17,19). The highest BCUT2D eigenvalue weighted by molar-refractivity contribution is 7.92. The summed E-state index contributed by atoms with van der Waals surface area (Å²) in [4.78, 5) is 19.1. The van der Waals surface area contributed by atoms with Crippen LogP contribution in [0.3, 0.4) is 0 Å². The molecule has 0 spiro atoms. The molecule has 116 valence electrons. The van der Waals surface area contributed by atoms with E-state index in [9.17, 15) is 13.3 Å². The van der Waals surface area contributed by atoms with Crippen LogP contribution in [-0.4, -0.2) is 18.4 Å². The van der Waals surface area contributed by atoms with Gasteiger partial charge < -0.3 is 0 Å². The second kappa shape index (κ2) is 5.73. The monoisotopic (exact) mass is 328 g/mol. The molecule has 0 saturated carbocycles. The number of rotatable bonds is 4. The number of nitrogens with zero attached hydrogens (tertiary/aromatic N) is 3. The normalized spacial score (nSPS) is 11.3. The number of nitroso groups, excluding NO2 is 1. The second-order valence-corrected chi connectivity index (χ2v) is 6.52. The van der Waals surface area contributed by atoms with Crippen molar-refractivity contribution < 1.29 is 8.42 Å². The molecule has 1 aromatic heterocycles. The van der Waals surface area contributed by atoms with E-state index in [0.29, 0.717) is 16.7 Å². The largest absolute Gasteiger partial charge is 0.263 e. The molecule has 0 radical (unpaired) electrons. The Kier molecular flexibility index (Phi) is 3.75. The van der Waals surface area contributed by atoms with Gasteiger partial charge in [-0.3, -0.25) is 4.72 Å². The van der Waals surface area contributed by atoms with Gasteiger partial charge in [0.05, 0.1) is 21.6 Å². The maximum atomic E-state index is 12.4. The molecule has 0 amide bonds. The van der Waals surface area contributed by atoms with E-state index in [-0.39, 0.29) is 16.4 Å². The molecule has 0 aliphatic heterocycles. The zero-order valence-electron chi connectivity index (χ0n) is 12.1. The van der Waals surface area contributed by atoms with Crippen molar-refractivity contribution in [1.29, 1.82) is 0 Å². The molecule has 0 aliphatic carbocycles. The molecule has 1 heterocycles. The van der Waals surface area contributed by atoms with Crippen molar-refractivity contribution in [2.75, 3.05) is 4.72 Å². The summed E-state index contributed by atoms with van der Waals surface area (Å²) < 4.78 is 27.3. The quantitative estimate of drug-likeness (QED) is 0.741. The van der Waals surface area contributed by atoms with Gasteiger partial charge in [-0.25, -0.2) is 18.4 Å². The fourth-order valence-electron chi connectivity index (χ4n) is 2.08. The number of nitrogens with one attached hydrogen (secondary N) is 1. The van der Waals surface area contributed by atoms with Crippen LogP contribution >= 0.6 is 0 Å². The zero-order valence-corrected chi connectivity index (χ0v) is 12.9. The van der Waals surface area contributed by atoms with Gasteiger partial charge in [0.15, 0.2) is 5.82 Å². The lowest BCUT2D eigenvalue weighted by atomic mass is 10.3. The summed E-state index contributed by atoms with van der Waals surface area (Å²) in [7, 11) is -3.89. The van der Waals surface area contributed by atoms with Gasteiger partial charge >= 0.3 is 0 Å². The van der Waals surface area contributed by atoms with E-state index in [1.165, 1.54) is 24.3 Å². The molecule has 0 atom stereocenters. The SMILES string of the molecule is Cc1nc2ccccc2nc1NS(=O)(=O)c1cccc(N=O)c1. The third-order valence-corrected chi connectivity index (χ3v) is 4.55. The molecule has 8 heteroatoms. The molecule has 2 aromatic carbocycles. The van der Waals surface area contributed by atoms with Crippen molar-refractivity contribution in [3.8, 4) is 0 Å². The minimum Gasteiger partial charge on any atom is -0.262 e. The highest BCUT2D eigenvalue weighted by Crippen LogP contribution is 2.22. The highest BCUT2D eigenvalue weighted by Gasteiger charge is 2.17. The first-order valence-corrected chi connectivity index (χ1v) is 8.17. The molecule has 0 fully saturated rings. The van der Waals surface area contributed by atoms with Crippen LogP contribution in [0.25, 0.3) is 11.0 Å². The van der Waals surface area contributed by atoms with Gasteiger partial charge in [-0.15, -0.1) is 4.91 Å². The van der Waals surface area contributed by atoms with Gasteiger partial charge in [-0.1, -0.05) is 18.2 Å². The lowest BCUT2D eigenvalue weighted by molar-refractivity contribution is 0.601. The Balaban J connectivity index is 2.03. The van der Waals surface area contributed by atoms with Gasteiger partial charge in [-0.2, -0.15) is 0 Å². The third kappa shape index (κ3) is 3.02.